The first-order valence-electron chi connectivity index (χ1n) is 7.09. The summed E-state index contributed by atoms with van der Waals surface area (Å²) in [5.41, 5.74) is 5.84. The van der Waals surface area contributed by atoms with Crippen LogP contribution < -0.4 is 16.4 Å². The molecule has 1 heterocycles. The van der Waals surface area contributed by atoms with Crippen LogP contribution >= 0.6 is 0 Å². The molecule has 2 fully saturated rings. The minimum atomic E-state index is -1.23. The van der Waals surface area contributed by atoms with E-state index in [1.807, 2.05) is 0 Å². The summed E-state index contributed by atoms with van der Waals surface area (Å²) >= 11 is 0. The van der Waals surface area contributed by atoms with E-state index in [4.69, 9.17) is 5.73 Å². The summed E-state index contributed by atoms with van der Waals surface area (Å²) in [5.74, 6) is -0.611. The lowest BCUT2D eigenvalue weighted by Gasteiger charge is -2.22. The van der Waals surface area contributed by atoms with Gasteiger partial charge in [-0.05, 0) is 25.7 Å². The summed E-state index contributed by atoms with van der Waals surface area (Å²) < 4.78 is 0. The summed E-state index contributed by atoms with van der Waals surface area (Å²) in [7, 11) is 0. The van der Waals surface area contributed by atoms with E-state index in [2.05, 4.69) is 10.6 Å². The highest BCUT2D eigenvalue weighted by molar-refractivity contribution is 5.82. The maximum Gasteiger partial charge on any atom is 0.250 e. The highest BCUT2D eigenvalue weighted by Gasteiger charge is 2.32. The molecular weight excluding hydrogens is 246 g/mol. The zero-order valence-corrected chi connectivity index (χ0v) is 11.1. The highest BCUT2D eigenvalue weighted by Crippen LogP contribution is 2.19. The van der Waals surface area contributed by atoms with Crippen molar-refractivity contribution in [2.45, 2.75) is 56.7 Å². The van der Waals surface area contributed by atoms with Crippen LogP contribution in [0.3, 0.4) is 0 Å². The Morgan fingerprint density at radius 2 is 2.11 bits per heavy atom. The molecule has 1 aliphatic carbocycles. The first kappa shape index (κ1) is 14.3. The van der Waals surface area contributed by atoms with Gasteiger partial charge in [-0.25, -0.2) is 0 Å². The maximum absolute atomic E-state index is 11.9. The van der Waals surface area contributed by atoms with Crippen LogP contribution in [0.4, 0.5) is 0 Å². The van der Waals surface area contributed by atoms with E-state index >= 15 is 0 Å². The van der Waals surface area contributed by atoms with Gasteiger partial charge in [0, 0.05) is 24.5 Å². The van der Waals surface area contributed by atoms with Crippen molar-refractivity contribution in [3.63, 3.8) is 0 Å². The van der Waals surface area contributed by atoms with Gasteiger partial charge in [0.25, 0.3) is 5.91 Å². The number of carbonyl (C=O) groups excluding carboxylic acids is 2. The standard InChI is InChI=1S/C13H23N3O3/c14-10(7-8-5-6-15-12(8)18)11(17)13(19)16-9-3-1-2-4-9/h8-11,17H,1-7,14H2,(H,15,18)(H,16,19)/t8-,10?,11?/m0/s1. The lowest BCUT2D eigenvalue weighted by atomic mass is 9.95. The number of rotatable bonds is 5. The Kier molecular flexibility index (Phi) is 4.76. The van der Waals surface area contributed by atoms with Crippen LogP contribution in [0.15, 0.2) is 0 Å². The van der Waals surface area contributed by atoms with Crippen LogP contribution in [0.25, 0.3) is 0 Å². The fourth-order valence-electron chi connectivity index (χ4n) is 2.88. The molecule has 6 nitrogen and oxygen atoms in total. The van der Waals surface area contributed by atoms with Crippen LogP contribution in [-0.4, -0.2) is 41.7 Å². The minimum Gasteiger partial charge on any atom is -0.382 e. The Hall–Kier alpha value is -1.14. The number of nitrogens with two attached hydrogens (primary N) is 1. The van der Waals surface area contributed by atoms with Gasteiger partial charge in [0.2, 0.25) is 5.91 Å². The van der Waals surface area contributed by atoms with Crippen molar-refractivity contribution >= 4 is 11.8 Å². The molecule has 2 amide bonds. The summed E-state index contributed by atoms with van der Waals surface area (Å²) in [6.45, 7) is 0.653. The molecule has 2 aliphatic rings. The number of hydrogen-bond acceptors (Lipinski definition) is 4. The molecule has 0 aromatic heterocycles. The molecule has 0 aromatic carbocycles. The van der Waals surface area contributed by atoms with Crippen molar-refractivity contribution in [2.24, 2.45) is 11.7 Å². The third-order valence-corrected chi connectivity index (χ3v) is 4.10. The van der Waals surface area contributed by atoms with E-state index in [-0.39, 0.29) is 17.9 Å². The van der Waals surface area contributed by atoms with Gasteiger partial charge in [-0.3, -0.25) is 9.59 Å². The van der Waals surface area contributed by atoms with E-state index in [9.17, 15) is 14.7 Å². The predicted octanol–water partition coefficient (Wildman–Crippen LogP) is -0.740. The number of carbonyl (C=O) groups is 2. The zero-order chi connectivity index (χ0) is 13.8. The second-order valence-corrected chi connectivity index (χ2v) is 5.61. The van der Waals surface area contributed by atoms with E-state index in [0.29, 0.717) is 13.0 Å². The Balaban J connectivity index is 1.78. The molecular formula is C13H23N3O3. The number of nitrogens with one attached hydrogen (secondary N) is 2. The molecule has 2 unspecified atom stereocenters. The first-order chi connectivity index (χ1) is 9.08. The van der Waals surface area contributed by atoms with E-state index in [1.165, 1.54) is 0 Å². The van der Waals surface area contributed by atoms with Gasteiger partial charge in [0.05, 0.1) is 0 Å². The highest BCUT2D eigenvalue weighted by atomic mass is 16.3. The molecule has 3 atom stereocenters. The Morgan fingerprint density at radius 3 is 2.68 bits per heavy atom. The molecule has 108 valence electrons. The van der Waals surface area contributed by atoms with Crippen molar-refractivity contribution in [3.8, 4) is 0 Å². The average molecular weight is 269 g/mol. The molecule has 1 aliphatic heterocycles. The van der Waals surface area contributed by atoms with E-state index < -0.39 is 18.1 Å². The smallest absolute Gasteiger partial charge is 0.250 e. The molecule has 5 N–H and O–H groups in total. The quantitative estimate of drug-likeness (QED) is 0.527. The Morgan fingerprint density at radius 1 is 1.42 bits per heavy atom. The van der Waals surface area contributed by atoms with Crippen LogP contribution in [0.2, 0.25) is 0 Å². The van der Waals surface area contributed by atoms with Gasteiger partial charge in [-0.1, -0.05) is 12.8 Å². The lowest BCUT2D eigenvalue weighted by Crippen LogP contribution is -2.49. The molecule has 0 aromatic rings. The van der Waals surface area contributed by atoms with Gasteiger partial charge in [-0.15, -0.1) is 0 Å². The van der Waals surface area contributed by atoms with Gasteiger partial charge in [0.15, 0.2) is 0 Å². The van der Waals surface area contributed by atoms with Crippen LogP contribution in [0.1, 0.15) is 38.5 Å². The molecule has 0 spiro atoms. The maximum atomic E-state index is 11.9. The third kappa shape index (κ3) is 3.67. The molecule has 19 heavy (non-hydrogen) atoms. The Bertz CT molecular complexity index is 342. The minimum absolute atomic E-state index is 0.0288. The number of hydrogen-bond donors (Lipinski definition) is 4. The Labute approximate surface area is 113 Å². The molecule has 2 rings (SSSR count). The number of aliphatic hydroxyl groups excluding tert-OH is 1. The SMILES string of the molecule is NC(C[C@@H]1CCNC1=O)C(O)C(=O)NC1CCCC1. The van der Waals surface area contributed by atoms with Crippen molar-refractivity contribution in [1.82, 2.24) is 10.6 Å². The fraction of sp³-hybridized carbons (Fsp3) is 0.846. The summed E-state index contributed by atoms with van der Waals surface area (Å²) in [6, 6.07) is -0.514. The monoisotopic (exact) mass is 269 g/mol. The molecule has 6 heteroatoms. The number of amides is 2. The van der Waals surface area contributed by atoms with Gasteiger partial charge in [-0.2, -0.15) is 0 Å². The van der Waals surface area contributed by atoms with E-state index in [0.717, 1.165) is 32.1 Å². The lowest BCUT2D eigenvalue weighted by molar-refractivity contribution is -0.132. The molecule has 1 saturated heterocycles. The second-order valence-electron chi connectivity index (χ2n) is 5.61. The fourth-order valence-corrected chi connectivity index (χ4v) is 2.88. The molecule has 0 bridgehead atoms. The van der Waals surface area contributed by atoms with Gasteiger partial charge in [0.1, 0.15) is 6.10 Å². The van der Waals surface area contributed by atoms with Gasteiger partial charge < -0.3 is 21.5 Å². The summed E-state index contributed by atoms with van der Waals surface area (Å²) in [5, 5.41) is 15.5. The van der Waals surface area contributed by atoms with Crippen LogP contribution in [0.5, 0.6) is 0 Å². The summed E-state index contributed by atoms with van der Waals surface area (Å²) in [4.78, 5) is 23.3. The topological polar surface area (TPSA) is 104 Å². The van der Waals surface area contributed by atoms with Crippen molar-refractivity contribution < 1.29 is 14.7 Å². The second kappa shape index (κ2) is 6.34. The van der Waals surface area contributed by atoms with Crippen LogP contribution in [0, 0.1) is 5.92 Å². The van der Waals surface area contributed by atoms with Crippen molar-refractivity contribution in [3.05, 3.63) is 0 Å². The average Bonchev–Trinajstić information content (AvgIpc) is 3.01. The molecule has 1 saturated carbocycles. The normalized spacial score (nSPS) is 27.1. The van der Waals surface area contributed by atoms with E-state index in [1.54, 1.807) is 0 Å². The first-order valence-corrected chi connectivity index (χ1v) is 7.09. The van der Waals surface area contributed by atoms with Crippen molar-refractivity contribution in [1.29, 1.82) is 0 Å². The molecule has 0 radical (unpaired) electrons. The van der Waals surface area contributed by atoms with Gasteiger partial charge >= 0.3 is 0 Å². The predicted molar refractivity (Wildman–Crippen MR) is 70.1 cm³/mol. The van der Waals surface area contributed by atoms with Crippen molar-refractivity contribution in [2.75, 3.05) is 6.54 Å². The third-order valence-electron chi connectivity index (χ3n) is 4.10. The largest absolute Gasteiger partial charge is 0.382 e. The van der Waals surface area contributed by atoms with Crippen LogP contribution in [-0.2, 0) is 9.59 Å². The zero-order valence-electron chi connectivity index (χ0n) is 11.1. The number of aliphatic hydroxyl groups is 1. The summed E-state index contributed by atoms with van der Waals surface area (Å²) in [6.07, 6.45) is 4.03.